The first kappa shape index (κ1) is 22.8. The van der Waals surface area contributed by atoms with Crippen LogP contribution in [-0.4, -0.2) is 22.0 Å². The maximum Gasteiger partial charge on any atom is 0.229 e. The highest BCUT2D eigenvalue weighted by Crippen LogP contribution is 2.31. The highest BCUT2D eigenvalue weighted by Gasteiger charge is 2.14. The Morgan fingerprint density at radius 1 is 1.03 bits per heavy atom. The SMILES string of the molecule is CNc1ccc(Nc2ncc(Cl)c(Nc3cccc(OCc4ccccc4F)c3C#N)n2)cn1. The molecule has 0 aliphatic rings. The standard InChI is InChI=1S/C24H19ClFN7O/c1-28-22-10-9-16(12-29-22)31-24-30-13-18(25)23(33-24)32-20-7-4-8-21(17(20)11-27)34-14-15-5-2-3-6-19(15)26/h2-10,12-13H,14H2,1H3,(H,28,29)(H2,30,31,32,33). The van der Waals surface area contributed by atoms with Crippen molar-refractivity contribution in [3.8, 4) is 11.8 Å². The lowest BCUT2D eigenvalue weighted by Crippen LogP contribution is -2.04. The average molecular weight is 476 g/mol. The predicted octanol–water partition coefficient (Wildman–Crippen LogP) is 5.64. The van der Waals surface area contributed by atoms with Crippen LogP contribution in [0.25, 0.3) is 0 Å². The summed E-state index contributed by atoms with van der Waals surface area (Å²) in [4.78, 5) is 12.8. The molecule has 0 fully saturated rings. The van der Waals surface area contributed by atoms with Crippen LogP contribution >= 0.6 is 11.6 Å². The molecule has 0 saturated heterocycles. The maximum absolute atomic E-state index is 13.9. The molecule has 2 heterocycles. The van der Waals surface area contributed by atoms with E-state index in [1.54, 1.807) is 49.6 Å². The van der Waals surface area contributed by atoms with E-state index in [4.69, 9.17) is 16.3 Å². The van der Waals surface area contributed by atoms with Crippen LogP contribution in [0.1, 0.15) is 11.1 Å². The van der Waals surface area contributed by atoms with Gasteiger partial charge in [0.1, 0.15) is 40.6 Å². The van der Waals surface area contributed by atoms with Crippen molar-refractivity contribution < 1.29 is 9.13 Å². The minimum Gasteiger partial charge on any atom is -0.487 e. The third-order valence-electron chi connectivity index (χ3n) is 4.75. The number of hydrogen-bond acceptors (Lipinski definition) is 8. The number of nitrogens with one attached hydrogen (secondary N) is 3. The third-order valence-corrected chi connectivity index (χ3v) is 5.03. The molecule has 0 atom stereocenters. The number of pyridine rings is 1. The van der Waals surface area contributed by atoms with Gasteiger partial charge in [0.25, 0.3) is 0 Å². The van der Waals surface area contributed by atoms with E-state index in [1.807, 2.05) is 12.1 Å². The molecule has 8 nitrogen and oxygen atoms in total. The average Bonchev–Trinajstić information content (AvgIpc) is 2.86. The molecule has 4 rings (SSSR count). The van der Waals surface area contributed by atoms with Crippen molar-refractivity contribution in [3.63, 3.8) is 0 Å². The molecule has 2 aromatic heterocycles. The van der Waals surface area contributed by atoms with Crippen LogP contribution < -0.4 is 20.7 Å². The van der Waals surface area contributed by atoms with Gasteiger partial charge in [-0.05, 0) is 30.3 Å². The number of nitriles is 1. The molecule has 0 aliphatic carbocycles. The second-order valence-corrected chi connectivity index (χ2v) is 7.40. The number of anilines is 5. The number of aromatic nitrogens is 3. The van der Waals surface area contributed by atoms with Crippen LogP contribution in [0.5, 0.6) is 5.75 Å². The van der Waals surface area contributed by atoms with Crippen molar-refractivity contribution in [2.45, 2.75) is 6.61 Å². The van der Waals surface area contributed by atoms with Crippen LogP contribution in [0.2, 0.25) is 5.02 Å². The summed E-state index contributed by atoms with van der Waals surface area (Å²) in [6, 6.07) is 17.1. The minimum absolute atomic E-state index is 0.0203. The monoisotopic (exact) mass is 475 g/mol. The van der Waals surface area contributed by atoms with Crippen LogP contribution in [0, 0.1) is 17.1 Å². The summed E-state index contributed by atoms with van der Waals surface area (Å²) in [5.41, 5.74) is 1.74. The van der Waals surface area contributed by atoms with E-state index >= 15 is 0 Å². The predicted molar refractivity (Wildman–Crippen MR) is 129 cm³/mol. The van der Waals surface area contributed by atoms with Crippen molar-refractivity contribution in [2.75, 3.05) is 23.0 Å². The summed E-state index contributed by atoms with van der Waals surface area (Å²) >= 11 is 6.29. The number of nitrogens with zero attached hydrogens (tertiary/aromatic N) is 4. The van der Waals surface area contributed by atoms with Gasteiger partial charge in [0, 0.05) is 12.6 Å². The quantitative estimate of drug-likeness (QED) is 0.300. The molecule has 2 aromatic carbocycles. The van der Waals surface area contributed by atoms with Gasteiger partial charge in [-0.25, -0.2) is 14.4 Å². The molecule has 0 saturated carbocycles. The lowest BCUT2D eigenvalue weighted by molar-refractivity contribution is 0.299. The lowest BCUT2D eigenvalue weighted by Gasteiger charge is -2.14. The summed E-state index contributed by atoms with van der Waals surface area (Å²) in [6.07, 6.45) is 3.08. The second kappa shape index (κ2) is 10.5. The smallest absolute Gasteiger partial charge is 0.229 e. The van der Waals surface area contributed by atoms with Gasteiger partial charge in [-0.1, -0.05) is 35.9 Å². The van der Waals surface area contributed by atoms with Gasteiger partial charge < -0.3 is 20.7 Å². The van der Waals surface area contributed by atoms with Crippen molar-refractivity contribution in [3.05, 3.63) is 89.0 Å². The molecule has 0 aliphatic heterocycles. The molecule has 0 radical (unpaired) electrons. The Morgan fingerprint density at radius 2 is 1.88 bits per heavy atom. The van der Waals surface area contributed by atoms with Crippen molar-refractivity contribution in [2.24, 2.45) is 0 Å². The first-order valence-corrected chi connectivity index (χ1v) is 10.5. The fourth-order valence-corrected chi connectivity index (χ4v) is 3.17. The fourth-order valence-electron chi connectivity index (χ4n) is 3.03. The Kier molecular flexibility index (Phi) is 7.01. The maximum atomic E-state index is 13.9. The molecule has 34 heavy (non-hydrogen) atoms. The first-order chi connectivity index (χ1) is 16.6. The Hall–Kier alpha value is -4.42. The molecule has 170 valence electrons. The largest absolute Gasteiger partial charge is 0.487 e. The van der Waals surface area contributed by atoms with Crippen LogP contribution in [-0.2, 0) is 6.61 Å². The van der Waals surface area contributed by atoms with E-state index in [9.17, 15) is 9.65 Å². The lowest BCUT2D eigenvalue weighted by atomic mass is 10.1. The van der Waals surface area contributed by atoms with Crippen LogP contribution in [0.3, 0.4) is 0 Å². The zero-order valence-electron chi connectivity index (χ0n) is 18.0. The number of hydrogen-bond donors (Lipinski definition) is 3. The summed E-state index contributed by atoms with van der Waals surface area (Å²) in [5, 5.41) is 19.1. The van der Waals surface area contributed by atoms with E-state index in [2.05, 4.69) is 37.0 Å². The van der Waals surface area contributed by atoms with E-state index in [0.29, 0.717) is 28.5 Å². The highest BCUT2D eigenvalue weighted by molar-refractivity contribution is 6.32. The van der Waals surface area contributed by atoms with E-state index in [1.165, 1.54) is 12.3 Å². The normalized spacial score (nSPS) is 10.3. The van der Waals surface area contributed by atoms with Gasteiger partial charge in [0.2, 0.25) is 5.95 Å². The van der Waals surface area contributed by atoms with Crippen molar-refractivity contribution >= 4 is 40.6 Å². The van der Waals surface area contributed by atoms with Crippen LogP contribution in [0.15, 0.2) is 67.0 Å². The zero-order valence-corrected chi connectivity index (χ0v) is 18.8. The van der Waals surface area contributed by atoms with Crippen molar-refractivity contribution in [1.82, 2.24) is 15.0 Å². The third kappa shape index (κ3) is 5.31. The molecule has 10 heteroatoms. The number of ether oxygens (including phenoxy) is 1. The highest BCUT2D eigenvalue weighted by atomic mass is 35.5. The minimum atomic E-state index is -0.376. The molecule has 0 unspecified atom stereocenters. The number of benzene rings is 2. The Bertz CT molecular complexity index is 1340. The number of rotatable bonds is 8. The first-order valence-electron chi connectivity index (χ1n) is 10.2. The summed E-state index contributed by atoms with van der Waals surface area (Å²) in [5.74, 6) is 1.23. The molecular weight excluding hydrogens is 457 g/mol. The Labute approximate surface area is 200 Å². The van der Waals surface area contributed by atoms with E-state index in [-0.39, 0.29) is 29.0 Å². The van der Waals surface area contributed by atoms with Gasteiger partial charge in [-0.3, -0.25) is 0 Å². The van der Waals surface area contributed by atoms with Crippen molar-refractivity contribution in [1.29, 1.82) is 5.26 Å². The van der Waals surface area contributed by atoms with Gasteiger partial charge in [-0.2, -0.15) is 10.2 Å². The molecule has 4 aromatic rings. The van der Waals surface area contributed by atoms with Gasteiger partial charge in [-0.15, -0.1) is 0 Å². The van der Waals surface area contributed by atoms with Gasteiger partial charge >= 0.3 is 0 Å². The summed E-state index contributed by atoms with van der Waals surface area (Å²) < 4.78 is 19.7. The molecular formula is C24H19ClFN7O. The molecule has 0 spiro atoms. The van der Waals surface area contributed by atoms with Crippen LogP contribution in [0.4, 0.5) is 33.3 Å². The Balaban J connectivity index is 1.54. The Morgan fingerprint density at radius 3 is 2.62 bits per heavy atom. The topological polar surface area (TPSA) is 108 Å². The molecule has 3 N–H and O–H groups in total. The van der Waals surface area contributed by atoms with E-state index in [0.717, 1.165) is 5.82 Å². The summed E-state index contributed by atoms with van der Waals surface area (Å²) in [7, 11) is 1.78. The fraction of sp³-hybridized carbons (Fsp3) is 0.0833. The van der Waals surface area contributed by atoms with Gasteiger partial charge in [0.15, 0.2) is 5.82 Å². The molecule has 0 amide bonds. The van der Waals surface area contributed by atoms with E-state index < -0.39 is 0 Å². The second-order valence-electron chi connectivity index (χ2n) is 6.99. The number of halogens is 2. The molecule has 0 bridgehead atoms. The summed E-state index contributed by atoms with van der Waals surface area (Å²) in [6.45, 7) is -0.0203. The van der Waals surface area contributed by atoms with Gasteiger partial charge in [0.05, 0.1) is 23.8 Å². The zero-order chi connectivity index (χ0) is 23.9.